The molecular formula is C25H22F2N6O2. The lowest BCUT2D eigenvalue weighted by Gasteiger charge is -2.24. The van der Waals surface area contributed by atoms with Crippen LogP contribution in [0.4, 0.5) is 26.1 Å². The largest absolute Gasteiger partial charge is 0.491 e. The van der Waals surface area contributed by atoms with Crippen LogP contribution in [0.25, 0.3) is 11.3 Å². The van der Waals surface area contributed by atoms with Gasteiger partial charge in [0.2, 0.25) is 0 Å². The molecule has 1 fully saturated rings. The van der Waals surface area contributed by atoms with Gasteiger partial charge in [0.1, 0.15) is 29.5 Å². The Labute approximate surface area is 200 Å². The minimum atomic E-state index is -0.625. The van der Waals surface area contributed by atoms with E-state index in [-0.39, 0.29) is 6.04 Å². The van der Waals surface area contributed by atoms with Crippen molar-refractivity contribution in [3.05, 3.63) is 77.8 Å². The van der Waals surface area contributed by atoms with Gasteiger partial charge in [-0.1, -0.05) is 6.07 Å². The molecule has 2 aromatic carbocycles. The summed E-state index contributed by atoms with van der Waals surface area (Å²) in [5, 5.41) is 9.18. The van der Waals surface area contributed by atoms with E-state index in [1.165, 1.54) is 18.5 Å². The third kappa shape index (κ3) is 3.95. The summed E-state index contributed by atoms with van der Waals surface area (Å²) in [7, 11) is 1.91. The van der Waals surface area contributed by atoms with E-state index in [0.717, 1.165) is 40.7 Å². The van der Waals surface area contributed by atoms with Crippen molar-refractivity contribution < 1.29 is 18.4 Å². The summed E-state index contributed by atoms with van der Waals surface area (Å²) in [6.07, 6.45) is 4.58. The van der Waals surface area contributed by atoms with Crippen LogP contribution in [0.5, 0.6) is 5.75 Å². The van der Waals surface area contributed by atoms with E-state index < -0.39 is 11.6 Å². The quantitative estimate of drug-likeness (QED) is 0.447. The standard InChI is InChI=1S/C25H22F2N6O2/c1-32-22(4-7-30-32)18-2-3-20(25-19(18)5-8-34-25)31-23-13-24(29-14-28-23)33-21(6-9-35-33)15-10-16(26)12-17(27)11-15/h2-4,7,10-14,21H,5-6,8-9H2,1H3,(H,28,29,31)/t21-/m1/s1. The molecule has 0 unspecified atom stereocenters. The summed E-state index contributed by atoms with van der Waals surface area (Å²) >= 11 is 0. The highest BCUT2D eigenvalue weighted by Crippen LogP contribution is 2.42. The second-order valence-electron chi connectivity index (χ2n) is 8.46. The van der Waals surface area contributed by atoms with Gasteiger partial charge >= 0.3 is 0 Å². The number of benzene rings is 2. The van der Waals surface area contributed by atoms with Gasteiger partial charge in [0.15, 0.2) is 5.82 Å². The zero-order valence-corrected chi connectivity index (χ0v) is 18.9. The molecule has 2 aliphatic heterocycles. The maximum atomic E-state index is 13.8. The number of anilines is 3. The van der Waals surface area contributed by atoms with E-state index in [0.29, 0.717) is 36.8 Å². The van der Waals surface area contributed by atoms with Gasteiger partial charge in [-0.25, -0.2) is 23.8 Å². The zero-order valence-electron chi connectivity index (χ0n) is 18.9. The van der Waals surface area contributed by atoms with E-state index in [2.05, 4.69) is 20.4 Å². The molecule has 178 valence electrons. The summed E-state index contributed by atoms with van der Waals surface area (Å²) in [4.78, 5) is 14.5. The van der Waals surface area contributed by atoms with E-state index in [1.807, 2.05) is 29.9 Å². The first-order chi connectivity index (χ1) is 17.1. The highest BCUT2D eigenvalue weighted by atomic mass is 19.1. The molecule has 0 spiro atoms. The molecule has 35 heavy (non-hydrogen) atoms. The van der Waals surface area contributed by atoms with Crippen molar-refractivity contribution in [2.45, 2.75) is 18.9 Å². The molecule has 1 N–H and O–H groups in total. The van der Waals surface area contributed by atoms with Crippen LogP contribution in [0.1, 0.15) is 23.6 Å². The predicted octanol–water partition coefficient (Wildman–Crippen LogP) is 4.72. The number of nitrogens with zero attached hydrogens (tertiary/aromatic N) is 5. The highest BCUT2D eigenvalue weighted by molar-refractivity contribution is 5.77. The van der Waals surface area contributed by atoms with Gasteiger partial charge in [0.05, 0.1) is 30.6 Å². The van der Waals surface area contributed by atoms with Gasteiger partial charge in [0.25, 0.3) is 0 Å². The molecule has 0 saturated carbocycles. The molecule has 0 amide bonds. The van der Waals surface area contributed by atoms with Crippen molar-refractivity contribution in [1.29, 1.82) is 0 Å². The van der Waals surface area contributed by atoms with Crippen molar-refractivity contribution in [3.8, 4) is 17.0 Å². The summed E-state index contributed by atoms with van der Waals surface area (Å²) < 4.78 is 35.4. The van der Waals surface area contributed by atoms with Gasteiger partial charge in [-0.3, -0.25) is 9.52 Å². The third-order valence-corrected chi connectivity index (χ3v) is 6.27. The van der Waals surface area contributed by atoms with E-state index >= 15 is 0 Å². The Balaban J connectivity index is 1.29. The zero-order chi connectivity index (χ0) is 23.9. The van der Waals surface area contributed by atoms with Gasteiger partial charge in [-0.15, -0.1) is 0 Å². The Hall–Kier alpha value is -4.05. The molecule has 4 heterocycles. The Kier molecular flexibility index (Phi) is 5.29. The number of rotatable bonds is 5. The number of nitrogens with one attached hydrogen (secondary N) is 1. The lowest BCUT2D eigenvalue weighted by molar-refractivity contribution is 0.156. The van der Waals surface area contributed by atoms with Crippen LogP contribution in [0.15, 0.2) is 55.0 Å². The lowest BCUT2D eigenvalue weighted by atomic mass is 10.0. The molecule has 0 radical (unpaired) electrons. The van der Waals surface area contributed by atoms with Crippen molar-refractivity contribution in [2.75, 3.05) is 23.6 Å². The molecule has 2 aromatic heterocycles. The van der Waals surface area contributed by atoms with E-state index in [9.17, 15) is 8.78 Å². The molecule has 4 aromatic rings. The second kappa shape index (κ2) is 8.62. The SMILES string of the molecule is Cn1nccc1-c1ccc(Nc2cc(N3OCC[C@@H]3c3cc(F)cc(F)c3)ncn2)c2c1CCO2. The molecule has 6 rings (SSSR count). The fourth-order valence-electron chi connectivity index (χ4n) is 4.71. The Morgan fingerprint density at radius 3 is 2.69 bits per heavy atom. The molecule has 1 atom stereocenters. The summed E-state index contributed by atoms with van der Waals surface area (Å²) in [5.41, 5.74) is 4.50. The predicted molar refractivity (Wildman–Crippen MR) is 125 cm³/mol. The van der Waals surface area contributed by atoms with Crippen LogP contribution in [0.3, 0.4) is 0 Å². The van der Waals surface area contributed by atoms with Gasteiger partial charge in [0, 0.05) is 49.3 Å². The average molecular weight is 476 g/mol. The molecule has 1 saturated heterocycles. The molecule has 10 heteroatoms. The third-order valence-electron chi connectivity index (χ3n) is 6.27. The number of fused-ring (bicyclic) bond motifs is 1. The van der Waals surface area contributed by atoms with Crippen molar-refractivity contribution in [2.24, 2.45) is 7.05 Å². The maximum absolute atomic E-state index is 13.8. The number of aryl methyl sites for hydroxylation is 1. The smallest absolute Gasteiger partial charge is 0.158 e. The van der Waals surface area contributed by atoms with Crippen LogP contribution in [-0.2, 0) is 18.3 Å². The topological polar surface area (TPSA) is 77.3 Å². The Morgan fingerprint density at radius 2 is 1.89 bits per heavy atom. The number of hydrogen-bond donors (Lipinski definition) is 1. The van der Waals surface area contributed by atoms with Crippen molar-refractivity contribution in [1.82, 2.24) is 19.7 Å². The van der Waals surface area contributed by atoms with Gasteiger partial charge < -0.3 is 10.1 Å². The maximum Gasteiger partial charge on any atom is 0.158 e. The Bertz CT molecular complexity index is 1390. The van der Waals surface area contributed by atoms with Gasteiger partial charge in [-0.2, -0.15) is 5.10 Å². The van der Waals surface area contributed by atoms with Crippen LogP contribution in [-0.4, -0.2) is 33.0 Å². The van der Waals surface area contributed by atoms with Crippen molar-refractivity contribution >= 4 is 17.3 Å². The van der Waals surface area contributed by atoms with Crippen molar-refractivity contribution in [3.63, 3.8) is 0 Å². The highest BCUT2D eigenvalue weighted by Gasteiger charge is 2.30. The first-order valence-corrected chi connectivity index (χ1v) is 11.3. The second-order valence-corrected chi connectivity index (χ2v) is 8.46. The monoisotopic (exact) mass is 476 g/mol. The Morgan fingerprint density at radius 1 is 1.03 bits per heavy atom. The van der Waals surface area contributed by atoms with E-state index in [1.54, 1.807) is 17.3 Å². The lowest BCUT2D eigenvalue weighted by Crippen LogP contribution is -2.22. The summed E-state index contributed by atoms with van der Waals surface area (Å²) in [5.74, 6) is 0.564. The fourth-order valence-corrected chi connectivity index (χ4v) is 4.71. The number of hydroxylamine groups is 1. The normalized spacial score (nSPS) is 16.9. The molecule has 2 aliphatic rings. The van der Waals surface area contributed by atoms with Crippen LogP contribution in [0.2, 0.25) is 0 Å². The minimum Gasteiger partial charge on any atom is -0.491 e. The van der Waals surface area contributed by atoms with Crippen LogP contribution < -0.4 is 15.1 Å². The fraction of sp³-hybridized carbons (Fsp3) is 0.240. The van der Waals surface area contributed by atoms with Gasteiger partial charge in [-0.05, 0) is 29.8 Å². The average Bonchev–Trinajstić information content (AvgIpc) is 3.60. The number of halogens is 2. The first-order valence-electron chi connectivity index (χ1n) is 11.3. The number of aromatic nitrogens is 4. The number of hydrogen-bond acceptors (Lipinski definition) is 7. The first kappa shape index (κ1) is 21.5. The van der Waals surface area contributed by atoms with E-state index in [4.69, 9.17) is 9.57 Å². The molecular weight excluding hydrogens is 454 g/mol. The molecule has 8 nitrogen and oxygen atoms in total. The van der Waals surface area contributed by atoms with Crippen LogP contribution >= 0.6 is 0 Å². The minimum absolute atomic E-state index is 0.367. The summed E-state index contributed by atoms with van der Waals surface area (Å²) in [6, 6.07) is 10.9. The van der Waals surface area contributed by atoms with Crippen LogP contribution in [0, 0.1) is 11.6 Å². The molecule has 0 bridgehead atoms. The number of ether oxygens (including phenoxy) is 1. The molecule has 0 aliphatic carbocycles. The summed E-state index contributed by atoms with van der Waals surface area (Å²) in [6.45, 7) is 1.01.